The highest BCUT2D eigenvalue weighted by Crippen LogP contribution is 2.30. The maximum absolute atomic E-state index is 13.5. The normalized spacial score (nSPS) is 14.9. The number of halogens is 2. The van der Waals surface area contributed by atoms with Crippen LogP contribution in [0, 0.1) is 24.1 Å². The molecule has 0 spiro atoms. The zero-order valence-corrected chi connectivity index (χ0v) is 15.3. The average Bonchev–Trinajstić information content (AvgIpc) is 3.20. The lowest BCUT2D eigenvalue weighted by atomic mass is 10.0. The van der Waals surface area contributed by atoms with Crippen molar-refractivity contribution in [2.75, 3.05) is 18.0 Å². The molecule has 2 aromatic carbocycles. The van der Waals surface area contributed by atoms with Crippen LogP contribution in [0.1, 0.15) is 24.0 Å². The Labute approximate surface area is 161 Å². The number of rotatable bonds is 3. The van der Waals surface area contributed by atoms with Crippen LogP contribution in [0.2, 0.25) is 0 Å². The second kappa shape index (κ2) is 7.39. The summed E-state index contributed by atoms with van der Waals surface area (Å²) in [6.07, 6.45) is 0.168. The van der Waals surface area contributed by atoms with Gasteiger partial charge in [0.2, 0.25) is 5.82 Å². The van der Waals surface area contributed by atoms with Crippen LogP contribution < -0.4 is 4.90 Å². The monoisotopic (exact) mass is 380 g/mol. The Bertz CT molecular complexity index is 1050. The van der Waals surface area contributed by atoms with Gasteiger partial charge in [-0.3, -0.25) is 0 Å². The molecule has 1 fully saturated rings. The van der Waals surface area contributed by atoms with Gasteiger partial charge >= 0.3 is 0 Å². The summed E-state index contributed by atoms with van der Waals surface area (Å²) in [7, 11) is 0. The summed E-state index contributed by atoms with van der Waals surface area (Å²) in [6, 6.07) is 12.2. The van der Waals surface area contributed by atoms with E-state index < -0.39 is 6.17 Å². The molecule has 0 bridgehead atoms. The molecule has 4 rings (SSSR count). The predicted molar refractivity (Wildman–Crippen MR) is 101 cm³/mol. The van der Waals surface area contributed by atoms with Crippen LogP contribution in [0.3, 0.4) is 0 Å². The van der Waals surface area contributed by atoms with E-state index in [0.717, 1.165) is 5.69 Å². The fourth-order valence-electron chi connectivity index (χ4n) is 3.37. The number of hydrogen-bond acceptors (Lipinski definition) is 5. The van der Waals surface area contributed by atoms with Crippen molar-refractivity contribution in [3.05, 3.63) is 53.3 Å². The van der Waals surface area contributed by atoms with E-state index in [0.29, 0.717) is 54.0 Å². The molecule has 0 atom stereocenters. The number of anilines is 1. The first kappa shape index (κ1) is 18.1. The molecule has 2 heterocycles. The minimum absolute atomic E-state index is 0.280. The lowest BCUT2D eigenvalue weighted by Crippen LogP contribution is -2.34. The summed E-state index contributed by atoms with van der Waals surface area (Å²) < 4.78 is 32.2. The second-order valence-electron chi connectivity index (χ2n) is 6.89. The molecule has 1 saturated heterocycles. The Hall–Kier alpha value is -3.27. The fourth-order valence-corrected chi connectivity index (χ4v) is 3.37. The van der Waals surface area contributed by atoms with Gasteiger partial charge in [-0.15, -0.1) is 0 Å². The highest BCUT2D eigenvalue weighted by atomic mass is 19.1. The molecule has 0 aliphatic carbocycles. The van der Waals surface area contributed by atoms with Gasteiger partial charge in [0.1, 0.15) is 18.1 Å². The third-order valence-electron chi connectivity index (χ3n) is 4.97. The number of hydrogen-bond donors (Lipinski definition) is 0. The van der Waals surface area contributed by atoms with Gasteiger partial charge in [-0.05, 0) is 61.7 Å². The summed E-state index contributed by atoms with van der Waals surface area (Å²) >= 11 is 0. The van der Waals surface area contributed by atoms with Crippen LogP contribution in [-0.2, 0) is 0 Å². The molecule has 0 radical (unpaired) electrons. The first-order chi connectivity index (χ1) is 13.5. The van der Waals surface area contributed by atoms with Crippen molar-refractivity contribution in [1.29, 1.82) is 5.26 Å². The fraction of sp³-hybridized carbons (Fsp3) is 0.286. The largest absolute Gasteiger partial charge is 0.370 e. The quantitative estimate of drug-likeness (QED) is 0.661. The Balaban J connectivity index is 1.62. The third kappa shape index (κ3) is 3.46. The van der Waals surface area contributed by atoms with Crippen molar-refractivity contribution in [2.24, 2.45) is 0 Å². The summed E-state index contributed by atoms with van der Waals surface area (Å²) in [5, 5.41) is 13.5. The van der Waals surface area contributed by atoms with Gasteiger partial charge in [0, 0.05) is 24.2 Å². The molecular weight excluding hydrogens is 362 g/mol. The standard InChI is InChI=1S/C21H18F2N4O/c1-13-10-14(2-4-18(13)23)20-25-21(28-26-20)15-3-5-19(16(11-15)12-24)27-8-6-17(22)7-9-27/h2-5,10-11,17H,6-9H2,1H3. The number of alkyl halides is 1. The topological polar surface area (TPSA) is 66.0 Å². The molecule has 1 aliphatic rings. The van der Waals surface area contributed by atoms with Crippen molar-refractivity contribution in [3.63, 3.8) is 0 Å². The molecule has 5 nitrogen and oxygen atoms in total. The average molecular weight is 380 g/mol. The lowest BCUT2D eigenvalue weighted by molar-refractivity contribution is 0.277. The van der Waals surface area contributed by atoms with Crippen LogP contribution in [0.4, 0.5) is 14.5 Å². The molecule has 7 heteroatoms. The molecule has 1 aromatic heterocycles. The van der Waals surface area contributed by atoms with Crippen molar-refractivity contribution in [3.8, 4) is 28.9 Å². The maximum atomic E-state index is 13.5. The zero-order valence-electron chi connectivity index (χ0n) is 15.3. The summed E-state index contributed by atoms with van der Waals surface area (Å²) in [4.78, 5) is 6.40. The van der Waals surface area contributed by atoms with E-state index in [1.54, 1.807) is 25.1 Å². The molecule has 0 unspecified atom stereocenters. The highest BCUT2D eigenvalue weighted by molar-refractivity contribution is 5.68. The van der Waals surface area contributed by atoms with Crippen molar-refractivity contribution >= 4 is 5.69 Å². The molecule has 28 heavy (non-hydrogen) atoms. The smallest absolute Gasteiger partial charge is 0.258 e. The van der Waals surface area contributed by atoms with Crippen molar-refractivity contribution in [1.82, 2.24) is 10.1 Å². The molecule has 0 N–H and O–H groups in total. The Morgan fingerprint density at radius 1 is 1.14 bits per heavy atom. The minimum Gasteiger partial charge on any atom is -0.370 e. The zero-order chi connectivity index (χ0) is 19.7. The van der Waals surface area contributed by atoms with E-state index in [1.807, 2.05) is 17.0 Å². The first-order valence-corrected chi connectivity index (χ1v) is 9.09. The number of aryl methyl sites for hydroxylation is 1. The van der Waals surface area contributed by atoms with Gasteiger partial charge in [-0.2, -0.15) is 10.2 Å². The van der Waals surface area contributed by atoms with Crippen LogP contribution in [0.15, 0.2) is 40.9 Å². The van der Waals surface area contributed by atoms with E-state index in [-0.39, 0.29) is 11.7 Å². The predicted octanol–water partition coefficient (Wildman–Crippen LogP) is 4.66. The van der Waals surface area contributed by atoms with Crippen LogP contribution in [0.5, 0.6) is 0 Å². The summed E-state index contributed by atoms with van der Waals surface area (Å²) in [5.41, 5.74) is 3.04. The Morgan fingerprint density at radius 2 is 1.89 bits per heavy atom. The van der Waals surface area contributed by atoms with Crippen LogP contribution in [-0.4, -0.2) is 29.4 Å². The third-order valence-corrected chi connectivity index (χ3v) is 4.97. The van der Waals surface area contributed by atoms with E-state index in [9.17, 15) is 14.0 Å². The van der Waals surface area contributed by atoms with Crippen molar-refractivity contribution < 1.29 is 13.3 Å². The summed E-state index contributed by atoms with van der Waals surface area (Å²) in [5.74, 6) is 0.340. The van der Waals surface area contributed by atoms with Crippen molar-refractivity contribution in [2.45, 2.75) is 25.9 Å². The molecule has 3 aromatic rings. The maximum Gasteiger partial charge on any atom is 0.258 e. The van der Waals surface area contributed by atoms with Gasteiger partial charge < -0.3 is 9.42 Å². The molecule has 0 amide bonds. The highest BCUT2D eigenvalue weighted by Gasteiger charge is 2.21. The SMILES string of the molecule is Cc1cc(-c2noc(-c3ccc(N4CCC(F)CC4)c(C#N)c3)n2)ccc1F. The number of benzene rings is 2. The van der Waals surface area contributed by atoms with Gasteiger partial charge in [-0.25, -0.2) is 8.78 Å². The molecule has 142 valence electrons. The van der Waals surface area contributed by atoms with E-state index in [1.165, 1.54) is 6.07 Å². The molecule has 0 saturated carbocycles. The van der Waals surface area contributed by atoms with Gasteiger partial charge in [-0.1, -0.05) is 5.16 Å². The first-order valence-electron chi connectivity index (χ1n) is 9.09. The van der Waals surface area contributed by atoms with Gasteiger partial charge in [0.25, 0.3) is 5.89 Å². The molecular formula is C21H18F2N4O. The van der Waals surface area contributed by atoms with Gasteiger partial charge in [0.05, 0.1) is 11.3 Å². The van der Waals surface area contributed by atoms with E-state index in [2.05, 4.69) is 16.2 Å². The Morgan fingerprint density at radius 3 is 2.61 bits per heavy atom. The van der Waals surface area contributed by atoms with Crippen LogP contribution in [0.25, 0.3) is 22.8 Å². The van der Waals surface area contributed by atoms with E-state index in [4.69, 9.17) is 4.52 Å². The number of nitriles is 1. The molecule has 1 aliphatic heterocycles. The number of nitrogens with zero attached hydrogens (tertiary/aromatic N) is 4. The van der Waals surface area contributed by atoms with Gasteiger partial charge in [0.15, 0.2) is 0 Å². The minimum atomic E-state index is -0.770. The summed E-state index contributed by atoms with van der Waals surface area (Å²) in [6.45, 7) is 2.84. The number of aromatic nitrogens is 2. The second-order valence-corrected chi connectivity index (χ2v) is 6.89. The van der Waals surface area contributed by atoms with E-state index >= 15 is 0 Å². The van der Waals surface area contributed by atoms with Crippen LogP contribution >= 0.6 is 0 Å². The number of piperidine rings is 1. The Kier molecular flexibility index (Phi) is 4.78. The lowest BCUT2D eigenvalue weighted by Gasteiger charge is -2.31.